The number of rotatable bonds is 7. The fraction of sp³-hybridized carbons (Fsp3) is 0.154. The van der Waals surface area contributed by atoms with Gasteiger partial charge < -0.3 is 14.8 Å². The quantitative estimate of drug-likeness (QED) is 0.414. The molecule has 1 N–H and O–H groups in total. The number of carbonyl (C=O) groups excluding carboxylic acids is 1. The highest BCUT2D eigenvalue weighted by atomic mass is 16.5. The zero-order valence-corrected chi connectivity index (χ0v) is 17.8. The van der Waals surface area contributed by atoms with E-state index in [-0.39, 0.29) is 5.57 Å². The summed E-state index contributed by atoms with van der Waals surface area (Å²) in [6, 6.07) is 22.8. The number of carbonyl (C=O) groups is 1. The van der Waals surface area contributed by atoms with Crippen LogP contribution in [0.3, 0.4) is 0 Å². The Morgan fingerprint density at radius 2 is 1.81 bits per heavy atom. The Hall–Kier alpha value is -4.04. The van der Waals surface area contributed by atoms with Crippen molar-refractivity contribution in [2.24, 2.45) is 0 Å². The summed E-state index contributed by atoms with van der Waals surface area (Å²) >= 11 is 0. The average Bonchev–Trinajstić information content (AvgIpc) is 2.78. The summed E-state index contributed by atoms with van der Waals surface area (Å²) in [7, 11) is 1.55. The van der Waals surface area contributed by atoms with Gasteiger partial charge in [-0.15, -0.1) is 0 Å². The molecule has 0 heterocycles. The largest absolute Gasteiger partial charge is 0.493 e. The highest BCUT2D eigenvalue weighted by Gasteiger charge is 2.12. The Balaban J connectivity index is 1.76. The van der Waals surface area contributed by atoms with Gasteiger partial charge in [0.15, 0.2) is 11.5 Å². The normalized spacial score (nSPS) is 10.8. The Bertz CT molecular complexity index is 1150. The third-order valence-corrected chi connectivity index (χ3v) is 4.73. The minimum atomic E-state index is -0.460. The lowest BCUT2D eigenvalue weighted by Crippen LogP contribution is -2.14. The minimum absolute atomic E-state index is 0.0000167. The molecule has 3 aromatic carbocycles. The molecule has 0 aliphatic rings. The maximum absolute atomic E-state index is 12.6. The van der Waals surface area contributed by atoms with E-state index in [0.717, 1.165) is 16.7 Å². The summed E-state index contributed by atoms with van der Waals surface area (Å²) in [5, 5.41) is 12.3. The number of anilines is 1. The van der Waals surface area contributed by atoms with Crippen molar-refractivity contribution in [1.29, 1.82) is 5.26 Å². The molecule has 3 rings (SSSR count). The van der Waals surface area contributed by atoms with Crippen LogP contribution in [0.5, 0.6) is 11.5 Å². The molecule has 0 bridgehead atoms. The van der Waals surface area contributed by atoms with Crippen molar-refractivity contribution < 1.29 is 14.3 Å². The van der Waals surface area contributed by atoms with Crippen LogP contribution in [-0.4, -0.2) is 13.0 Å². The van der Waals surface area contributed by atoms with E-state index in [0.29, 0.717) is 29.4 Å². The number of hydrogen-bond acceptors (Lipinski definition) is 4. The van der Waals surface area contributed by atoms with E-state index in [2.05, 4.69) is 5.32 Å². The second-order valence-electron chi connectivity index (χ2n) is 7.13. The second-order valence-corrected chi connectivity index (χ2v) is 7.13. The van der Waals surface area contributed by atoms with Crippen LogP contribution in [0.4, 0.5) is 5.69 Å². The topological polar surface area (TPSA) is 71.3 Å². The molecule has 5 nitrogen and oxygen atoms in total. The molecular weight excluding hydrogens is 388 g/mol. The molecule has 0 aromatic heterocycles. The van der Waals surface area contributed by atoms with Gasteiger partial charge in [-0.1, -0.05) is 54.1 Å². The van der Waals surface area contributed by atoms with Crippen LogP contribution < -0.4 is 14.8 Å². The third-order valence-electron chi connectivity index (χ3n) is 4.73. The minimum Gasteiger partial charge on any atom is -0.493 e. The zero-order chi connectivity index (χ0) is 22.2. The van der Waals surface area contributed by atoms with Crippen LogP contribution in [-0.2, 0) is 11.4 Å². The van der Waals surface area contributed by atoms with E-state index in [9.17, 15) is 10.1 Å². The summed E-state index contributed by atoms with van der Waals surface area (Å²) < 4.78 is 11.3. The lowest BCUT2D eigenvalue weighted by Gasteiger charge is -2.12. The molecule has 0 fully saturated rings. The summed E-state index contributed by atoms with van der Waals surface area (Å²) in [6.07, 6.45) is 1.53. The number of nitrogens with zero attached hydrogens (tertiary/aromatic N) is 1. The number of hydrogen-bond donors (Lipinski definition) is 1. The summed E-state index contributed by atoms with van der Waals surface area (Å²) in [6.45, 7) is 4.31. The van der Waals surface area contributed by atoms with Gasteiger partial charge in [-0.05, 0) is 54.8 Å². The first-order chi connectivity index (χ1) is 15.0. The first-order valence-corrected chi connectivity index (χ1v) is 9.85. The fourth-order valence-electron chi connectivity index (χ4n) is 3.09. The standard InChI is InChI=1S/C26H24N2O3/c1-18-9-11-23(19(2)13-18)28-26(29)22(16-27)14-21-10-12-24(25(15-21)30-3)31-17-20-7-5-4-6-8-20/h4-15H,17H2,1-3H3,(H,28,29)/b22-14-. The summed E-state index contributed by atoms with van der Waals surface area (Å²) in [4.78, 5) is 12.6. The first-order valence-electron chi connectivity index (χ1n) is 9.85. The molecule has 0 aliphatic carbocycles. The molecule has 156 valence electrons. The van der Waals surface area contributed by atoms with Crippen molar-refractivity contribution >= 4 is 17.7 Å². The van der Waals surface area contributed by atoms with Crippen molar-refractivity contribution in [3.8, 4) is 17.6 Å². The van der Waals surface area contributed by atoms with E-state index < -0.39 is 5.91 Å². The molecular formula is C26H24N2O3. The van der Waals surface area contributed by atoms with Gasteiger partial charge in [-0.3, -0.25) is 4.79 Å². The molecule has 0 atom stereocenters. The second kappa shape index (κ2) is 10.1. The highest BCUT2D eigenvalue weighted by molar-refractivity contribution is 6.10. The summed E-state index contributed by atoms with van der Waals surface area (Å²) in [5.41, 5.74) is 4.43. The lowest BCUT2D eigenvalue weighted by molar-refractivity contribution is -0.112. The molecule has 3 aromatic rings. The predicted octanol–water partition coefficient (Wildman–Crippen LogP) is 5.44. The fourth-order valence-corrected chi connectivity index (χ4v) is 3.09. The molecule has 1 amide bonds. The average molecular weight is 412 g/mol. The molecule has 0 aliphatic heterocycles. The number of methoxy groups -OCH3 is 1. The first kappa shape index (κ1) is 21.7. The van der Waals surface area contributed by atoms with E-state index >= 15 is 0 Å². The molecule has 0 unspecified atom stereocenters. The Kier molecular flexibility index (Phi) is 7.08. The van der Waals surface area contributed by atoms with Gasteiger partial charge in [-0.25, -0.2) is 0 Å². The third kappa shape index (κ3) is 5.74. The van der Waals surface area contributed by atoms with Crippen molar-refractivity contribution in [3.63, 3.8) is 0 Å². The van der Waals surface area contributed by atoms with Crippen LogP contribution in [0.15, 0.2) is 72.3 Å². The van der Waals surface area contributed by atoms with E-state index in [4.69, 9.17) is 9.47 Å². The smallest absolute Gasteiger partial charge is 0.266 e. The number of nitriles is 1. The van der Waals surface area contributed by atoms with E-state index in [1.165, 1.54) is 6.08 Å². The maximum atomic E-state index is 12.6. The van der Waals surface area contributed by atoms with Crippen molar-refractivity contribution in [1.82, 2.24) is 0 Å². The van der Waals surface area contributed by atoms with Crippen LogP contribution in [0.2, 0.25) is 0 Å². The molecule has 0 radical (unpaired) electrons. The van der Waals surface area contributed by atoms with Gasteiger partial charge in [0, 0.05) is 5.69 Å². The van der Waals surface area contributed by atoms with Gasteiger partial charge in [0.2, 0.25) is 0 Å². The van der Waals surface area contributed by atoms with Crippen LogP contribution in [0.1, 0.15) is 22.3 Å². The van der Waals surface area contributed by atoms with Gasteiger partial charge in [-0.2, -0.15) is 5.26 Å². The number of ether oxygens (including phenoxy) is 2. The van der Waals surface area contributed by atoms with Gasteiger partial charge in [0.25, 0.3) is 5.91 Å². The SMILES string of the molecule is COc1cc(/C=C(/C#N)C(=O)Nc2ccc(C)cc2C)ccc1OCc1ccccc1. The number of nitrogens with one attached hydrogen (secondary N) is 1. The Morgan fingerprint density at radius 3 is 2.48 bits per heavy atom. The van der Waals surface area contributed by atoms with Crippen LogP contribution in [0.25, 0.3) is 6.08 Å². The van der Waals surface area contributed by atoms with Crippen molar-refractivity contribution in [2.45, 2.75) is 20.5 Å². The van der Waals surface area contributed by atoms with E-state index in [1.54, 1.807) is 25.3 Å². The Labute approximate surface area is 182 Å². The molecule has 0 saturated carbocycles. The highest BCUT2D eigenvalue weighted by Crippen LogP contribution is 2.30. The maximum Gasteiger partial charge on any atom is 0.266 e. The Morgan fingerprint density at radius 1 is 1.03 bits per heavy atom. The molecule has 0 saturated heterocycles. The van der Waals surface area contributed by atoms with Crippen molar-refractivity contribution in [3.05, 3.63) is 94.6 Å². The van der Waals surface area contributed by atoms with Crippen LogP contribution >= 0.6 is 0 Å². The number of aryl methyl sites for hydroxylation is 2. The number of benzene rings is 3. The van der Waals surface area contributed by atoms with Crippen molar-refractivity contribution in [2.75, 3.05) is 12.4 Å². The predicted molar refractivity (Wildman–Crippen MR) is 122 cm³/mol. The van der Waals surface area contributed by atoms with Gasteiger partial charge >= 0.3 is 0 Å². The molecule has 5 heteroatoms. The van der Waals surface area contributed by atoms with Gasteiger partial charge in [0.1, 0.15) is 18.2 Å². The molecule has 31 heavy (non-hydrogen) atoms. The van der Waals surface area contributed by atoms with Crippen LogP contribution in [0, 0.1) is 25.2 Å². The molecule has 0 spiro atoms. The van der Waals surface area contributed by atoms with Gasteiger partial charge in [0.05, 0.1) is 7.11 Å². The lowest BCUT2D eigenvalue weighted by atomic mass is 10.1. The monoisotopic (exact) mass is 412 g/mol. The zero-order valence-electron chi connectivity index (χ0n) is 17.8. The number of amides is 1. The van der Waals surface area contributed by atoms with E-state index in [1.807, 2.05) is 68.4 Å². The summed E-state index contributed by atoms with van der Waals surface area (Å²) in [5.74, 6) is 0.649.